The first kappa shape index (κ1) is 17.9. The lowest BCUT2D eigenvalue weighted by Gasteiger charge is -2.37. The molecule has 5 unspecified atom stereocenters. The summed E-state index contributed by atoms with van der Waals surface area (Å²) in [6.07, 6.45) is 1.25. The van der Waals surface area contributed by atoms with Gasteiger partial charge in [0.1, 0.15) is 0 Å². The topological polar surface area (TPSA) is 30.5 Å². The predicted molar refractivity (Wildman–Crippen MR) is 102 cm³/mol. The van der Waals surface area contributed by atoms with Crippen molar-refractivity contribution >= 4 is 0 Å². The Morgan fingerprint density at radius 1 is 0.833 bits per heavy atom. The summed E-state index contributed by atoms with van der Waals surface area (Å²) in [6.45, 7) is 13.9. The molecule has 2 fully saturated rings. The van der Waals surface area contributed by atoms with Crippen molar-refractivity contribution in [3.05, 3.63) is 35.9 Å². The van der Waals surface area contributed by atoms with Crippen LogP contribution in [0.2, 0.25) is 0 Å². The van der Waals surface area contributed by atoms with Crippen LogP contribution in [0, 0.1) is 0 Å². The molecular formula is C20H34N4. The van der Waals surface area contributed by atoms with E-state index in [0.717, 1.165) is 32.7 Å². The summed E-state index contributed by atoms with van der Waals surface area (Å²) in [6, 6.07) is 12.2. The second kappa shape index (κ2) is 8.95. The van der Waals surface area contributed by atoms with Crippen molar-refractivity contribution in [3.63, 3.8) is 0 Å². The highest BCUT2D eigenvalue weighted by atomic mass is 15.2. The standard InChI is InChI=1S/C20H34N4/c1-17-8-11-23-12-10-22-18(2)20(19-6-4-3-5-7-19)16-24(15-14-23)13-9-21-17/h3-7,17-18,20-22H,8-16H2,1-2H3. The highest BCUT2D eigenvalue weighted by molar-refractivity contribution is 5.21. The highest BCUT2D eigenvalue weighted by Gasteiger charge is 2.24. The Kier molecular flexibility index (Phi) is 6.67. The van der Waals surface area contributed by atoms with Gasteiger partial charge in [-0.1, -0.05) is 30.3 Å². The minimum atomic E-state index is 0.504. The Labute approximate surface area is 147 Å². The fourth-order valence-electron chi connectivity index (χ4n) is 3.98. The van der Waals surface area contributed by atoms with Crippen molar-refractivity contribution in [2.45, 2.75) is 38.3 Å². The summed E-state index contributed by atoms with van der Waals surface area (Å²) in [5, 5.41) is 7.50. The van der Waals surface area contributed by atoms with Crippen LogP contribution in [-0.2, 0) is 0 Å². The molecule has 2 heterocycles. The highest BCUT2D eigenvalue weighted by Crippen LogP contribution is 2.22. The van der Waals surface area contributed by atoms with Gasteiger partial charge in [0.2, 0.25) is 0 Å². The van der Waals surface area contributed by atoms with Crippen molar-refractivity contribution in [2.24, 2.45) is 0 Å². The molecule has 4 heteroatoms. The molecule has 4 nitrogen and oxygen atoms in total. The van der Waals surface area contributed by atoms with E-state index in [1.54, 1.807) is 0 Å². The summed E-state index contributed by atoms with van der Waals surface area (Å²) < 4.78 is 0. The first-order chi connectivity index (χ1) is 11.7. The van der Waals surface area contributed by atoms with E-state index >= 15 is 0 Å². The van der Waals surface area contributed by atoms with Crippen molar-refractivity contribution in [1.82, 2.24) is 20.4 Å². The molecule has 2 N–H and O–H groups in total. The van der Waals surface area contributed by atoms with E-state index in [0.29, 0.717) is 18.0 Å². The van der Waals surface area contributed by atoms with Crippen LogP contribution in [0.25, 0.3) is 0 Å². The summed E-state index contributed by atoms with van der Waals surface area (Å²) >= 11 is 0. The molecule has 0 radical (unpaired) electrons. The molecule has 134 valence electrons. The van der Waals surface area contributed by atoms with E-state index in [9.17, 15) is 0 Å². The van der Waals surface area contributed by atoms with Gasteiger partial charge < -0.3 is 20.4 Å². The Bertz CT molecular complexity index is 478. The van der Waals surface area contributed by atoms with Gasteiger partial charge >= 0.3 is 0 Å². The number of benzene rings is 1. The molecule has 1 aromatic rings. The first-order valence-corrected chi connectivity index (χ1v) is 9.69. The van der Waals surface area contributed by atoms with Gasteiger partial charge in [-0.3, -0.25) is 0 Å². The third kappa shape index (κ3) is 5.03. The van der Waals surface area contributed by atoms with E-state index in [1.807, 2.05) is 0 Å². The predicted octanol–water partition coefficient (Wildman–Crippen LogP) is 1.75. The molecule has 1 aromatic carbocycles. The zero-order chi connectivity index (χ0) is 16.8. The van der Waals surface area contributed by atoms with Crippen LogP contribution in [0.3, 0.4) is 0 Å². The maximum Gasteiger partial charge on any atom is 0.0120 e. The smallest absolute Gasteiger partial charge is 0.0120 e. The third-order valence-corrected chi connectivity index (χ3v) is 5.71. The fourth-order valence-corrected chi connectivity index (χ4v) is 3.98. The largest absolute Gasteiger partial charge is 0.313 e. The Morgan fingerprint density at radius 3 is 2.38 bits per heavy atom. The van der Waals surface area contributed by atoms with Crippen molar-refractivity contribution < 1.29 is 0 Å². The average Bonchev–Trinajstić information content (AvgIpc) is 2.60. The van der Waals surface area contributed by atoms with Crippen LogP contribution in [0.1, 0.15) is 31.7 Å². The van der Waals surface area contributed by atoms with Crippen molar-refractivity contribution in [3.8, 4) is 0 Å². The molecule has 2 aliphatic heterocycles. The summed E-state index contributed by atoms with van der Waals surface area (Å²) in [5.41, 5.74) is 1.47. The lowest BCUT2D eigenvalue weighted by Crippen LogP contribution is -2.50. The molecule has 3 rings (SSSR count). The molecule has 0 aromatic heterocycles. The van der Waals surface area contributed by atoms with Gasteiger partial charge in [-0.25, -0.2) is 0 Å². The molecule has 24 heavy (non-hydrogen) atoms. The molecule has 0 spiro atoms. The Hall–Kier alpha value is -0.940. The number of hydrogen-bond acceptors (Lipinski definition) is 4. The zero-order valence-electron chi connectivity index (χ0n) is 15.4. The number of rotatable bonds is 1. The number of hydrogen-bond donors (Lipinski definition) is 2. The van der Waals surface area contributed by atoms with Gasteiger partial charge in [0.05, 0.1) is 0 Å². The maximum atomic E-state index is 3.80. The van der Waals surface area contributed by atoms with Crippen LogP contribution in [-0.4, -0.2) is 74.2 Å². The van der Waals surface area contributed by atoms with Crippen molar-refractivity contribution in [1.29, 1.82) is 0 Å². The Morgan fingerprint density at radius 2 is 1.54 bits per heavy atom. The Balaban J connectivity index is 1.76. The van der Waals surface area contributed by atoms with E-state index in [-0.39, 0.29) is 0 Å². The zero-order valence-corrected chi connectivity index (χ0v) is 15.4. The lowest BCUT2D eigenvalue weighted by molar-refractivity contribution is 0.161. The molecule has 2 saturated heterocycles. The van der Waals surface area contributed by atoms with Gasteiger partial charge in [0.15, 0.2) is 0 Å². The maximum absolute atomic E-state index is 3.80. The number of nitrogens with zero attached hydrogens (tertiary/aromatic N) is 2. The molecule has 0 amide bonds. The lowest BCUT2D eigenvalue weighted by atomic mass is 9.91. The van der Waals surface area contributed by atoms with Crippen LogP contribution < -0.4 is 10.6 Å². The summed E-state index contributed by atoms with van der Waals surface area (Å²) in [5.74, 6) is 0.554. The van der Waals surface area contributed by atoms with Gasteiger partial charge in [-0.05, 0) is 32.4 Å². The van der Waals surface area contributed by atoms with E-state index in [1.165, 1.54) is 31.6 Å². The minimum absolute atomic E-state index is 0.504. The van der Waals surface area contributed by atoms with Gasteiger partial charge in [-0.15, -0.1) is 0 Å². The molecule has 5 atom stereocenters. The van der Waals surface area contributed by atoms with Gasteiger partial charge in [0, 0.05) is 63.8 Å². The molecule has 2 aliphatic rings. The van der Waals surface area contributed by atoms with Crippen LogP contribution in [0.5, 0.6) is 0 Å². The van der Waals surface area contributed by atoms with E-state index < -0.39 is 0 Å². The van der Waals surface area contributed by atoms with Gasteiger partial charge in [-0.2, -0.15) is 0 Å². The average molecular weight is 331 g/mol. The minimum Gasteiger partial charge on any atom is -0.313 e. The monoisotopic (exact) mass is 330 g/mol. The summed E-state index contributed by atoms with van der Waals surface area (Å²) in [4.78, 5) is 5.30. The van der Waals surface area contributed by atoms with Gasteiger partial charge in [0.25, 0.3) is 0 Å². The van der Waals surface area contributed by atoms with E-state index in [4.69, 9.17) is 0 Å². The number of fused-ring (bicyclic) bond motifs is 3. The van der Waals surface area contributed by atoms with Crippen LogP contribution >= 0.6 is 0 Å². The SMILES string of the molecule is CC1CCN2CCNC(C)C(c3ccccc3)CN(CCN1)CC2. The first-order valence-electron chi connectivity index (χ1n) is 9.69. The normalized spacial score (nSPS) is 36.2. The summed E-state index contributed by atoms with van der Waals surface area (Å²) in [7, 11) is 0. The third-order valence-electron chi connectivity index (χ3n) is 5.71. The molecule has 0 aliphatic carbocycles. The van der Waals surface area contributed by atoms with E-state index in [2.05, 4.69) is 64.6 Å². The van der Waals surface area contributed by atoms with Crippen molar-refractivity contribution in [2.75, 3.05) is 52.4 Å². The fraction of sp³-hybridized carbons (Fsp3) is 0.700. The molecular weight excluding hydrogens is 296 g/mol. The molecule has 2 bridgehead atoms. The van der Waals surface area contributed by atoms with Crippen LogP contribution in [0.15, 0.2) is 30.3 Å². The second-order valence-electron chi connectivity index (χ2n) is 7.55. The second-order valence-corrected chi connectivity index (χ2v) is 7.55. The quantitative estimate of drug-likeness (QED) is 0.821. The van der Waals surface area contributed by atoms with Crippen LogP contribution in [0.4, 0.5) is 0 Å². The molecule has 0 saturated carbocycles. The number of nitrogens with one attached hydrogen (secondary N) is 2.